The van der Waals surface area contributed by atoms with Crippen LogP contribution in [0.3, 0.4) is 0 Å². The minimum absolute atomic E-state index is 0.124. The average Bonchev–Trinajstić information content (AvgIpc) is 2.88. The van der Waals surface area contributed by atoms with Gasteiger partial charge in [0.15, 0.2) is 0 Å². The van der Waals surface area contributed by atoms with E-state index >= 15 is 0 Å². The summed E-state index contributed by atoms with van der Waals surface area (Å²) in [5.74, 6) is 0.198. The van der Waals surface area contributed by atoms with Gasteiger partial charge in [0.1, 0.15) is 16.9 Å². The van der Waals surface area contributed by atoms with Gasteiger partial charge >= 0.3 is 0 Å². The van der Waals surface area contributed by atoms with E-state index in [-0.39, 0.29) is 11.7 Å². The lowest BCUT2D eigenvalue weighted by Gasteiger charge is -2.25. The fraction of sp³-hybridized carbons (Fsp3) is 0.188. The van der Waals surface area contributed by atoms with Crippen LogP contribution in [0.15, 0.2) is 36.4 Å². The van der Waals surface area contributed by atoms with Crippen molar-refractivity contribution in [1.29, 1.82) is 0 Å². The smallest absolute Gasteiger partial charge is 0.238 e. The van der Waals surface area contributed by atoms with Crippen molar-refractivity contribution in [2.45, 2.75) is 5.37 Å². The van der Waals surface area contributed by atoms with Crippen LogP contribution in [0.25, 0.3) is 0 Å². The standard InChI is InChI=1S/C16H12Cl2FNO2S/c1-22-13-6-5-9(7-11(13)18)20-14(21)8-23-16(20)15-10(17)3-2-4-12(15)19/h2-7,16H,8H2,1H3/t16-/m1/s1. The molecule has 0 N–H and O–H groups in total. The van der Waals surface area contributed by atoms with Crippen LogP contribution in [0.1, 0.15) is 10.9 Å². The molecule has 7 heteroatoms. The summed E-state index contributed by atoms with van der Waals surface area (Å²) in [4.78, 5) is 13.8. The summed E-state index contributed by atoms with van der Waals surface area (Å²) in [6, 6.07) is 9.51. The molecule has 3 nitrogen and oxygen atoms in total. The van der Waals surface area contributed by atoms with Gasteiger partial charge in [0.05, 0.1) is 17.9 Å². The molecule has 2 aromatic rings. The third kappa shape index (κ3) is 3.01. The number of carbonyl (C=O) groups is 1. The van der Waals surface area contributed by atoms with E-state index in [0.717, 1.165) is 0 Å². The van der Waals surface area contributed by atoms with Crippen molar-refractivity contribution in [2.24, 2.45) is 0 Å². The normalized spacial score (nSPS) is 17.7. The summed E-state index contributed by atoms with van der Waals surface area (Å²) in [6.45, 7) is 0. The second kappa shape index (κ2) is 6.59. The molecule has 0 saturated carbocycles. The largest absolute Gasteiger partial charge is 0.495 e. The SMILES string of the molecule is COc1ccc(N2C(=O)CS[C@@H]2c2c(F)cccc2Cl)cc1Cl. The fourth-order valence-electron chi connectivity index (χ4n) is 2.47. The predicted molar refractivity (Wildman–Crippen MR) is 92.1 cm³/mol. The Balaban J connectivity index is 2.06. The van der Waals surface area contributed by atoms with Crippen LogP contribution in [-0.4, -0.2) is 18.8 Å². The molecule has 120 valence electrons. The van der Waals surface area contributed by atoms with E-state index in [1.54, 1.807) is 24.3 Å². The Hall–Kier alpha value is -1.43. The van der Waals surface area contributed by atoms with E-state index in [2.05, 4.69) is 0 Å². The van der Waals surface area contributed by atoms with Crippen LogP contribution in [0.5, 0.6) is 5.75 Å². The molecule has 1 atom stereocenters. The third-order valence-electron chi connectivity index (χ3n) is 3.53. The molecule has 1 fully saturated rings. The van der Waals surface area contributed by atoms with E-state index in [9.17, 15) is 9.18 Å². The minimum Gasteiger partial charge on any atom is -0.495 e. The van der Waals surface area contributed by atoms with Crippen LogP contribution < -0.4 is 9.64 Å². The number of nitrogens with zero attached hydrogens (tertiary/aromatic N) is 1. The first kappa shape index (κ1) is 16.4. The number of hydrogen-bond acceptors (Lipinski definition) is 3. The zero-order valence-electron chi connectivity index (χ0n) is 12.1. The van der Waals surface area contributed by atoms with Crippen molar-refractivity contribution in [3.05, 3.63) is 57.8 Å². The first-order valence-corrected chi connectivity index (χ1v) is 8.54. The number of ether oxygens (including phenoxy) is 1. The van der Waals surface area contributed by atoms with Crippen molar-refractivity contribution >= 4 is 46.6 Å². The number of carbonyl (C=O) groups excluding carboxylic acids is 1. The maximum Gasteiger partial charge on any atom is 0.238 e. The highest BCUT2D eigenvalue weighted by Gasteiger charge is 2.37. The molecule has 23 heavy (non-hydrogen) atoms. The molecule has 0 unspecified atom stereocenters. The molecule has 0 bridgehead atoms. The molecule has 1 saturated heterocycles. The Labute approximate surface area is 147 Å². The Morgan fingerprint density at radius 2 is 2.04 bits per heavy atom. The summed E-state index contributed by atoms with van der Waals surface area (Å²) in [5, 5.41) is 0.149. The van der Waals surface area contributed by atoms with Gasteiger partial charge in [-0.2, -0.15) is 0 Å². The molecule has 2 aromatic carbocycles. The lowest BCUT2D eigenvalue weighted by atomic mass is 10.1. The van der Waals surface area contributed by atoms with Gasteiger partial charge in [-0.3, -0.25) is 9.69 Å². The van der Waals surface area contributed by atoms with Gasteiger partial charge in [-0.1, -0.05) is 29.3 Å². The van der Waals surface area contributed by atoms with E-state index in [1.807, 2.05) is 0 Å². The number of hydrogen-bond donors (Lipinski definition) is 0. The first-order chi connectivity index (χ1) is 11.0. The number of thioether (sulfide) groups is 1. The van der Waals surface area contributed by atoms with E-state index in [4.69, 9.17) is 27.9 Å². The Kier molecular flexibility index (Phi) is 4.71. The lowest BCUT2D eigenvalue weighted by Crippen LogP contribution is -2.28. The van der Waals surface area contributed by atoms with Gasteiger partial charge in [-0.25, -0.2) is 4.39 Å². The van der Waals surface area contributed by atoms with Crippen molar-refractivity contribution < 1.29 is 13.9 Å². The zero-order chi connectivity index (χ0) is 16.6. The molecule has 3 rings (SSSR count). The summed E-state index contributed by atoms with van der Waals surface area (Å²) >= 11 is 13.6. The van der Waals surface area contributed by atoms with Gasteiger partial charge in [-0.15, -0.1) is 11.8 Å². The highest BCUT2D eigenvalue weighted by Crippen LogP contribution is 2.45. The first-order valence-electron chi connectivity index (χ1n) is 6.74. The molecular formula is C16H12Cl2FNO2S. The van der Waals surface area contributed by atoms with Gasteiger partial charge in [0, 0.05) is 16.3 Å². The topological polar surface area (TPSA) is 29.5 Å². The number of halogens is 3. The highest BCUT2D eigenvalue weighted by atomic mass is 35.5. The fourth-order valence-corrected chi connectivity index (χ4v) is 4.29. The molecule has 0 aliphatic carbocycles. The summed E-state index contributed by atoms with van der Waals surface area (Å²) in [6.07, 6.45) is 0. The molecule has 1 aliphatic heterocycles. The van der Waals surface area contributed by atoms with Crippen molar-refractivity contribution in [3.8, 4) is 5.75 Å². The predicted octanol–water partition coefficient (Wildman–Crippen LogP) is 4.92. The number of anilines is 1. The lowest BCUT2D eigenvalue weighted by molar-refractivity contribution is -0.115. The summed E-state index contributed by atoms with van der Waals surface area (Å²) in [7, 11) is 1.51. The van der Waals surface area contributed by atoms with Crippen molar-refractivity contribution in [2.75, 3.05) is 17.8 Å². The molecule has 0 aromatic heterocycles. The zero-order valence-corrected chi connectivity index (χ0v) is 14.4. The minimum atomic E-state index is -0.527. The van der Waals surface area contributed by atoms with Crippen LogP contribution in [-0.2, 0) is 4.79 Å². The quantitative estimate of drug-likeness (QED) is 0.766. The molecule has 1 aliphatic rings. The summed E-state index contributed by atoms with van der Waals surface area (Å²) < 4.78 is 19.4. The molecule has 1 amide bonds. The van der Waals surface area contributed by atoms with Crippen LogP contribution in [0, 0.1) is 5.82 Å². The van der Waals surface area contributed by atoms with Gasteiger partial charge in [0.25, 0.3) is 0 Å². The number of benzene rings is 2. The Bertz CT molecular complexity index is 751. The van der Waals surface area contributed by atoms with Gasteiger partial charge in [-0.05, 0) is 30.3 Å². The maximum atomic E-state index is 14.2. The highest BCUT2D eigenvalue weighted by molar-refractivity contribution is 8.00. The molecule has 0 spiro atoms. The molecular weight excluding hydrogens is 360 g/mol. The van der Waals surface area contributed by atoms with E-state index < -0.39 is 11.2 Å². The van der Waals surface area contributed by atoms with Crippen molar-refractivity contribution in [3.63, 3.8) is 0 Å². The number of amides is 1. The molecule has 1 heterocycles. The Morgan fingerprint density at radius 3 is 2.70 bits per heavy atom. The second-order valence-corrected chi connectivity index (χ2v) is 6.76. The monoisotopic (exact) mass is 371 g/mol. The van der Waals surface area contributed by atoms with E-state index in [0.29, 0.717) is 27.0 Å². The van der Waals surface area contributed by atoms with Crippen LogP contribution in [0.2, 0.25) is 10.0 Å². The van der Waals surface area contributed by atoms with Gasteiger partial charge < -0.3 is 4.74 Å². The Morgan fingerprint density at radius 1 is 1.26 bits per heavy atom. The van der Waals surface area contributed by atoms with Crippen LogP contribution >= 0.6 is 35.0 Å². The maximum absolute atomic E-state index is 14.2. The number of rotatable bonds is 3. The van der Waals surface area contributed by atoms with Crippen LogP contribution in [0.4, 0.5) is 10.1 Å². The number of methoxy groups -OCH3 is 1. The van der Waals surface area contributed by atoms with Gasteiger partial charge in [0.2, 0.25) is 5.91 Å². The summed E-state index contributed by atoms with van der Waals surface area (Å²) in [5.41, 5.74) is 0.882. The van der Waals surface area contributed by atoms with Crippen molar-refractivity contribution in [1.82, 2.24) is 0 Å². The second-order valence-electron chi connectivity index (χ2n) is 4.88. The average molecular weight is 372 g/mol. The molecule has 0 radical (unpaired) electrons. The third-order valence-corrected chi connectivity index (χ3v) is 5.33. The van der Waals surface area contributed by atoms with E-state index in [1.165, 1.54) is 35.9 Å².